The predicted octanol–water partition coefficient (Wildman–Crippen LogP) is 4.51. The van der Waals surface area contributed by atoms with Crippen LogP contribution in [0.4, 0.5) is 0 Å². The van der Waals surface area contributed by atoms with Gasteiger partial charge in [0.25, 0.3) is 5.91 Å². The van der Waals surface area contributed by atoms with Gasteiger partial charge in [0.15, 0.2) is 6.10 Å². The second-order valence-corrected chi connectivity index (χ2v) is 6.31. The first-order valence-corrected chi connectivity index (χ1v) is 8.54. The molecule has 0 fully saturated rings. The van der Waals surface area contributed by atoms with Gasteiger partial charge in [-0.1, -0.05) is 48.9 Å². The van der Waals surface area contributed by atoms with Gasteiger partial charge >= 0.3 is 0 Å². The van der Waals surface area contributed by atoms with E-state index in [1.165, 1.54) is 11.1 Å². The SMILES string of the molecule is CCc1ccccc1O[C@@H](C)C(=O)N[C@H](C)c1cc(C)ccc1C. The first-order valence-electron chi connectivity index (χ1n) is 8.54. The quantitative estimate of drug-likeness (QED) is 0.848. The minimum absolute atomic E-state index is 0.0510. The lowest BCUT2D eigenvalue weighted by Crippen LogP contribution is -2.38. The number of amides is 1. The van der Waals surface area contributed by atoms with E-state index in [9.17, 15) is 4.79 Å². The van der Waals surface area contributed by atoms with Crippen LogP contribution in [0.1, 0.15) is 49.1 Å². The number of hydrogen-bond acceptors (Lipinski definition) is 2. The van der Waals surface area contributed by atoms with E-state index >= 15 is 0 Å². The molecule has 0 aliphatic rings. The van der Waals surface area contributed by atoms with Crippen molar-refractivity contribution in [3.05, 3.63) is 64.7 Å². The van der Waals surface area contributed by atoms with Gasteiger partial charge in [0, 0.05) is 0 Å². The summed E-state index contributed by atoms with van der Waals surface area (Å²) < 4.78 is 5.88. The number of aryl methyl sites for hydroxylation is 3. The van der Waals surface area contributed by atoms with E-state index in [2.05, 4.69) is 44.3 Å². The van der Waals surface area contributed by atoms with Crippen LogP contribution < -0.4 is 10.1 Å². The third-order valence-corrected chi connectivity index (χ3v) is 4.29. The lowest BCUT2D eigenvalue weighted by atomic mass is 10.00. The molecule has 0 spiro atoms. The van der Waals surface area contributed by atoms with Crippen LogP contribution in [0.15, 0.2) is 42.5 Å². The molecule has 1 amide bonds. The van der Waals surface area contributed by atoms with Crippen LogP contribution in [0.2, 0.25) is 0 Å². The number of nitrogens with one attached hydrogen (secondary N) is 1. The third kappa shape index (κ3) is 4.38. The second-order valence-electron chi connectivity index (χ2n) is 6.31. The molecule has 1 N–H and O–H groups in total. The van der Waals surface area contributed by atoms with Crippen molar-refractivity contribution in [3.63, 3.8) is 0 Å². The molecule has 24 heavy (non-hydrogen) atoms. The summed E-state index contributed by atoms with van der Waals surface area (Å²) in [5, 5.41) is 3.06. The van der Waals surface area contributed by atoms with Crippen molar-refractivity contribution in [2.75, 3.05) is 0 Å². The van der Waals surface area contributed by atoms with Crippen molar-refractivity contribution in [1.29, 1.82) is 0 Å². The lowest BCUT2D eigenvalue weighted by Gasteiger charge is -2.21. The molecule has 0 aliphatic heterocycles. The van der Waals surface area contributed by atoms with Crippen molar-refractivity contribution in [2.24, 2.45) is 0 Å². The Labute approximate surface area is 145 Å². The van der Waals surface area contributed by atoms with Crippen LogP contribution in [0, 0.1) is 13.8 Å². The van der Waals surface area contributed by atoms with Gasteiger partial charge in [-0.25, -0.2) is 0 Å². The zero-order valence-electron chi connectivity index (χ0n) is 15.2. The van der Waals surface area contributed by atoms with Crippen molar-refractivity contribution in [1.82, 2.24) is 5.32 Å². The van der Waals surface area contributed by atoms with Gasteiger partial charge in [0.2, 0.25) is 0 Å². The van der Waals surface area contributed by atoms with Crippen LogP contribution in [0.3, 0.4) is 0 Å². The molecule has 3 heteroatoms. The smallest absolute Gasteiger partial charge is 0.261 e. The maximum Gasteiger partial charge on any atom is 0.261 e. The van der Waals surface area contributed by atoms with E-state index in [0.717, 1.165) is 23.3 Å². The van der Waals surface area contributed by atoms with Gasteiger partial charge < -0.3 is 10.1 Å². The summed E-state index contributed by atoms with van der Waals surface area (Å²) in [6, 6.07) is 14.1. The van der Waals surface area contributed by atoms with Gasteiger partial charge in [-0.2, -0.15) is 0 Å². The number of carbonyl (C=O) groups excluding carboxylic acids is 1. The molecule has 0 heterocycles. The van der Waals surface area contributed by atoms with Gasteiger partial charge in [-0.3, -0.25) is 4.79 Å². The van der Waals surface area contributed by atoms with E-state index in [4.69, 9.17) is 4.74 Å². The Hall–Kier alpha value is -2.29. The van der Waals surface area contributed by atoms with Crippen molar-refractivity contribution in [3.8, 4) is 5.75 Å². The largest absolute Gasteiger partial charge is 0.481 e. The zero-order chi connectivity index (χ0) is 17.7. The van der Waals surface area contributed by atoms with E-state index in [-0.39, 0.29) is 11.9 Å². The Morgan fingerprint density at radius 2 is 1.83 bits per heavy atom. The molecule has 2 aromatic rings. The summed E-state index contributed by atoms with van der Waals surface area (Å²) in [6.45, 7) is 10.00. The van der Waals surface area contributed by atoms with E-state index in [0.29, 0.717) is 0 Å². The maximum atomic E-state index is 12.5. The zero-order valence-corrected chi connectivity index (χ0v) is 15.2. The van der Waals surface area contributed by atoms with Crippen LogP contribution in [0.25, 0.3) is 0 Å². The van der Waals surface area contributed by atoms with Crippen LogP contribution >= 0.6 is 0 Å². The molecule has 0 aromatic heterocycles. The highest BCUT2D eigenvalue weighted by atomic mass is 16.5. The number of rotatable bonds is 6. The number of para-hydroxylation sites is 1. The molecule has 2 aromatic carbocycles. The standard InChI is InChI=1S/C21H27NO2/c1-6-18-9-7-8-10-20(18)24-17(5)21(23)22-16(4)19-13-14(2)11-12-15(19)3/h7-13,16-17H,6H2,1-5H3,(H,22,23)/t16-,17+/m1/s1. The molecule has 128 valence electrons. The van der Waals surface area contributed by atoms with Crippen LogP contribution in [0.5, 0.6) is 5.75 Å². The van der Waals surface area contributed by atoms with Gasteiger partial charge in [-0.05, 0) is 56.9 Å². The molecule has 3 nitrogen and oxygen atoms in total. The molecule has 0 unspecified atom stereocenters. The summed E-state index contributed by atoms with van der Waals surface area (Å²) in [5.74, 6) is 0.677. The van der Waals surface area contributed by atoms with E-state index in [1.54, 1.807) is 6.92 Å². The molecule has 2 atom stereocenters. The summed E-state index contributed by atoms with van der Waals surface area (Å²) in [7, 11) is 0. The third-order valence-electron chi connectivity index (χ3n) is 4.29. The average molecular weight is 325 g/mol. The number of hydrogen-bond donors (Lipinski definition) is 1. The Kier molecular flexibility index (Phi) is 6.02. The predicted molar refractivity (Wildman–Crippen MR) is 98.4 cm³/mol. The van der Waals surface area contributed by atoms with Crippen LogP contribution in [-0.2, 0) is 11.2 Å². The Balaban J connectivity index is 2.04. The average Bonchev–Trinajstić information content (AvgIpc) is 2.57. The Morgan fingerprint density at radius 3 is 2.54 bits per heavy atom. The highest BCUT2D eigenvalue weighted by Gasteiger charge is 2.19. The fraction of sp³-hybridized carbons (Fsp3) is 0.381. The first-order chi connectivity index (χ1) is 11.4. The van der Waals surface area contributed by atoms with Gasteiger partial charge in [0.05, 0.1) is 6.04 Å². The normalized spacial score (nSPS) is 13.2. The summed E-state index contributed by atoms with van der Waals surface area (Å²) in [4.78, 5) is 12.5. The van der Waals surface area contributed by atoms with Crippen molar-refractivity contribution < 1.29 is 9.53 Å². The van der Waals surface area contributed by atoms with Gasteiger partial charge in [0.1, 0.15) is 5.75 Å². The lowest BCUT2D eigenvalue weighted by molar-refractivity contribution is -0.127. The minimum Gasteiger partial charge on any atom is -0.481 e. The Bertz CT molecular complexity index is 709. The van der Waals surface area contributed by atoms with Gasteiger partial charge in [-0.15, -0.1) is 0 Å². The molecule has 0 saturated carbocycles. The first kappa shape index (κ1) is 18.1. The minimum atomic E-state index is -0.537. The molecule has 0 aliphatic carbocycles. The fourth-order valence-electron chi connectivity index (χ4n) is 2.79. The summed E-state index contributed by atoms with van der Waals surface area (Å²) in [5.41, 5.74) is 4.63. The number of ether oxygens (including phenoxy) is 1. The van der Waals surface area contributed by atoms with Crippen molar-refractivity contribution in [2.45, 2.75) is 53.2 Å². The highest BCUT2D eigenvalue weighted by molar-refractivity contribution is 5.81. The van der Waals surface area contributed by atoms with E-state index < -0.39 is 6.10 Å². The molecule has 0 bridgehead atoms. The second kappa shape index (κ2) is 8.00. The summed E-state index contributed by atoms with van der Waals surface area (Å²) >= 11 is 0. The molecule has 2 rings (SSSR count). The highest BCUT2D eigenvalue weighted by Crippen LogP contribution is 2.21. The maximum absolute atomic E-state index is 12.5. The number of benzene rings is 2. The fourth-order valence-corrected chi connectivity index (χ4v) is 2.79. The molecule has 0 radical (unpaired) electrons. The Morgan fingerprint density at radius 1 is 1.12 bits per heavy atom. The van der Waals surface area contributed by atoms with Crippen LogP contribution in [-0.4, -0.2) is 12.0 Å². The topological polar surface area (TPSA) is 38.3 Å². The van der Waals surface area contributed by atoms with Crippen molar-refractivity contribution >= 4 is 5.91 Å². The monoisotopic (exact) mass is 325 g/mol. The molecular weight excluding hydrogens is 298 g/mol. The van der Waals surface area contributed by atoms with E-state index in [1.807, 2.05) is 31.2 Å². The summed E-state index contributed by atoms with van der Waals surface area (Å²) in [6.07, 6.45) is 0.342. The molecule has 0 saturated heterocycles. The number of carbonyl (C=O) groups is 1. The molecular formula is C21H27NO2.